The van der Waals surface area contributed by atoms with Crippen molar-refractivity contribution in [2.75, 3.05) is 32.2 Å². The molecule has 1 atom stereocenters. The zero-order chi connectivity index (χ0) is 23.0. The highest BCUT2D eigenvalue weighted by molar-refractivity contribution is 5.79. The number of aromatic nitrogens is 2. The van der Waals surface area contributed by atoms with Gasteiger partial charge < -0.3 is 24.4 Å². The first-order chi connectivity index (χ1) is 16.2. The lowest BCUT2D eigenvalue weighted by Crippen LogP contribution is -2.43. The van der Waals surface area contributed by atoms with Crippen LogP contribution in [0.4, 0.5) is 5.82 Å². The molecule has 8 nitrogen and oxygen atoms in total. The van der Waals surface area contributed by atoms with Crippen LogP contribution in [-0.2, 0) is 11.3 Å². The van der Waals surface area contributed by atoms with E-state index in [4.69, 9.17) is 14.2 Å². The summed E-state index contributed by atoms with van der Waals surface area (Å²) in [7, 11) is 3.23. The quantitative estimate of drug-likeness (QED) is 0.561. The number of para-hydroxylation sites is 1. The van der Waals surface area contributed by atoms with Gasteiger partial charge in [-0.15, -0.1) is 0 Å². The second-order valence-electron chi connectivity index (χ2n) is 7.78. The third-order valence-corrected chi connectivity index (χ3v) is 5.64. The molecule has 1 aromatic heterocycles. The van der Waals surface area contributed by atoms with E-state index in [9.17, 15) is 4.79 Å². The van der Waals surface area contributed by atoms with Crippen LogP contribution in [0.3, 0.4) is 0 Å². The Bertz CT molecular complexity index is 1080. The van der Waals surface area contributed by atoms with Gasteiger partial charge in [0, 0.05) is 37.6 Å². The molecule has 1 fully saturated rings. The molecule has 2 aromatic carbocycles. The van der Waals surface area contributed by atoms with Crippen molar-refractivity contribution in [2.45, 2.75) is 19.4 Å². The zero-order valence-electron chi connectivity index (χ0n) is 18.9. The van der Waals surface area contributed by atoms with E-state index in [2.05, 4.69) is 20.2 Å². The van der Waals surface area contributed by atoms with Gasteiger partial charge in [-0.3, -0.25) is 4.79 Å². The van der Waals surface area contributed by atoms with E-state index in [-0.39, 0.29) is 11.8 Å². The molecule has 1 saturated heterocycles. The Morgan fingerprint density at radius 3 is 2.67 bits per heavy atom. The highest BCUT2D eigenvalue weighted by Gasteiger charge is 2.28. The predicted octanol–water partition coefficient (Wildman–Crippen LogP) is 3.82. The molecular formula is C25H28N4O4. The number of amides is 1. The van der Waals surface area contributed by atoms with Gasteiger partial charge in [0.2, 0.25) is 5.91 Å². The summed E-state index contributed by atoms with van der Waals surface area (Å²) in [6, 6.07) is 15.0. The minimum Gasteiger partial charge on any atom is -0.497 e. The van der Waals surface area contributed by atoms with Crippen LogP contribution in [0.2, 0.25) is 0 Å². The first-order valence-corrected chi connectivity index (χ1v) is 11.0. The van der Waals surface area contributed by atoms with Crippen LogP contribution >= 0.6 is 0 Å². The Hall–Kier alpha value is -3.81. The Kier molecular flexibility index (Phi) is 7.24. The van der Waals surface area contributed by atoms with Gasteiger partial charge in [0.15, 0.2) is 5.82 Å². The molecule has 1 aliphatic rings. The lowest BCUT2D eigenvalue weighted by atomic mass is 9.97. The summed E-state index contributed by atoms with van der Waals surface area (Å²) < 4.78 is 16.7. The maximum Gasteiger partial charge on any atom is 0.263 e. The molecule has 1 unspecified atom stereocenters. The largest absolute Gasteiger partial charge is 0.497 e. The fourth-order valence-electron chi connectivity index (χ4n) is 3.94. The lowest BCUT2D eigenvalue weighted by Gasteiger charge is -2.33. The van der Waals surface area contributed by atoms with E-state index in [0.29, 0.717) is 36.3 Å². The van der Waals surface area contributed by atoms with Crippen LogP contribution in [0, 0.1) is 5.92 Å². The van der Waals surface area contributed by atoms with Crippen molar-refractivity contribution in [3.8, 4) is 23.1 Å². The molecule has 1 amide bonds. The lowest BCUT2D eigenvalue weighted by molar-refractivity contribution is -0.125. The Morgan fingerprint density at radius 1 is 1.06 bits per heavy atom. The summed E-state index contributed by atoms with van der Waals surface area (Å²) in [6.07, 6.45) is 4.94. The number of hydrogen-bond acceptors (Lipinski definition) is 7. The van der Waals surface area contributed by atoms with Crippen LogP contribution in [0.25, 0.3) is 0 Å². The summed E-state index contributed by atoms with van der Waals surface area (Å²) in [6.45, 7) is 1.70. The minimum absolute atomic E-state index is 0.000934. The molecular weight excluding hydrogens is 420 g/mol. The second-order valence-corrected chi connectivity index (χ2v) is 7.78. The van der Waals surface area contributed by atoms with Crippen molar-refractivity contribution in [3.05, 3.63) is 66.5 Å². The van der Waals surface area contributed by atoms with Crippen LogP contribution < -0.4 is 24.4 Å². The van der Waals surface area contributed by atoms with Gasteiger partial charge >= 0.3 is 0 Å². The Balaban J connectivity index is 1.43. The average molecular weight is 449 g/mol. The molecule has 0 bridgehead atoms. The molecule has 2 heterocycles. The summed E-state index contributed by atoms with van der Waals surface area (Å²) in [5.74, 6) is 3.04. The highest BCUT2D eigenvalue weighted by atomic mass is 16.5. The normalized spacial score (nSPS) is 15.6. The van der Waals surface area contributed by atoms with E-state index >= 15 is 0 Å². The molecule has 1 aliphatic heterocycles. The number of carbonyl (C=O) groups excluding carboxylic acids is 1. The molecule has 0 aliphatic carbocycles. The van der Waals surface area contributed by atoms with Gasteiger partial charge in [0.25, 0.3) is 5.88 Å². The van der Waals surface area contributed by atoms with Crippen molar-refractivity contribution >= 4 is 11.7 Å². The number of nitrogens with one attached hydrogen (secondary N) is 1. The standard InChI is InChI=1S/C25H28N4O4/c1-31-21-10-11-22(32-2)19(15-21)16-28-24(30)18-7-6-14-29(17-18)23-25(27-13-12-26-23)33-20-8-4-3-5-9-20/h3-5,8-13,15,18H,6-7,14,16-17H2,1-2H3,(H,28,30). The molecule has 33 heavy (non-hydrogen) atoms. The fraction of sp³-hybridized carbons (Fsp3) is 0.320. The van der Waals surface area contributed by atoms with Crippen molar-refractivity contribution in [1.29, 1.82) is 0 Å². The molecule has 3 aromatic rings. The zero-order valence-corrected chi connectivity index (χ0v) is 18.9. The Labute approximate surface area is 193 Å². The molecule has 0 radical (unpaired) electrons. The maximum atomic E-state index is 13.0. The van der Waals surface area contributed by atoms with Crippen LogP contribution in [0.15, 0.2) is 60.9 Å². The van der Waals surface area contributed by atoms with Crippen molar-refractivity contribution in [2.24, 2.45) is 5.92 Å². The smallest absolute Gasteiger partial charge is 0.263 e. The first-order valence-electron chi connectivity index (χ1n) is 11.0. The minimum atomic E-state index is -0.165. The fourth-order valence-corrected chi connectivity index (χ4v) is 3.94. The summed E-state index contributed by atoms with van der Waals surface area (Å²) in [5, 5.41) is 3.05. The number of benzene rings is 2. The van der Waals surface area contributed by atoms with E-state index in [0.717, 1.165) is 30.7 Å². The van der Waals surface area contributed by atoms with Gasteiger partial charge in [-0.05, 0) is 43.2 Å². The number of ether oxygens (including phenoxy) is 3. The van der Waals surface area contributed by atoms with E-state index in [1.54, 1.807) is 26.6 Å². The van der Waals surface area contributed by atoms with Gasteiger partial charge in [-0.2, -0.15) is 0 Å². The maximum absolute atomic E-state index is 13.0. The topological polar surface area (TPSA) is 85.8 Å². The number of anilines is 1. The summed E-state index contributed by atoms with van der Waals surface area (Å²) in [5.41, 5.74) is 0.866. The van der Waals surface area contributed by atoms with Crippen LogP contribution in [0.5, 0.6) is 23.1 Å². The highest BCUT2D eigenvalue weighted by Crippen LogP contribution is 2.31. The van der Waals surface area contributed by atoms with Gasteiger partial charge in [0.1, 0.15) is 17.2 Å². The van der Waals surface area contributed by atoms with Crippen LogP contribution in [-0.4, -0.2) is 43.2 Å². The molecule has 8 heteroatoms. The number of piperidine rings is 1. The summed E-state index contributed by atoms with van der Waals surface area (Å²) >= 11 is 0. The number of hydrogen-bond donors (Lipinski definition) is 1. The number of carbonyl (C=O) groups is 1. The molecule has 1 N–H and O–H groups in total. The Morgan fingerprint density at radius 2 is 1.88 bits per heavy atom. The van der Waals surface area contributed by atoms with Gasteiger partial charge in [-0.1, -0.05) is 18.2 Å². The third-order valence-electron chi connectivity index (χ3n) is 5.64. The van der Waals surface area contributed by atoms with Gasteiger partial charge in [-0.25, -0.2) is 9.97 Å². The van der Waals surface area contributed by atoms with Gasteiger partial charge in [0.05, 0.1) is 20.1 Å². The van der Waals surface area contributed by atoms with Crippen molar-refractivity contribution in [3.63, 3.8) is 0 Å². The second kappa shape index (κ2) is 10.7. The van der Waals surface area contributed by atoms with Crippen LogP contribution in [0.1, 0.15) is 18.4 Å². The van der Waals surface area contributed by atoms with Crippen molar-refractivity contribution < 1.29 is 19.0 Å². The molecule has 0 saturated carbocycles. The monoisotopic (exact) mass is 448 g/mol. The number of nitrogens with zero attached hydrogens (tertiary/aromatic N) is 3. The predicted molar refractivity (Wildman–Crippen MR) is 125 cm³/mol. The third kappa shape index (κ3) is 5.52. The molecule has 172 valence electrons. The SMILES string of the molecule is COc1ccc(OC)c(CNC(=O)C2CCCN(c3nccnc3Oc3ccccc3)C2)c1. The molecule has 4 rings (SSSR count). The van der Waals surface area contributed by atoms with Crippen molar-refractivity contribution in [1.82, 2.24) is 15.3 Å². The van der Waals surface area contributed by atoms with E-state index in [1.165, 1.54) is 0 Å². The number of rotatable bonds is 8. The van der Waals surface area contributed by atoms with E-state index in [1.807, 2.05) is 48.5 Å². The molecule has 0 spiro atoms. The summed E-state index contributed by atoms with van der Waals surface area (Å²) in [4.78, 5) is 24.0. The average Bonchev–Trinajstić information content (AvgIpc) is 2.88. The van der Waals surface area contributed by atoms with E-state index < -0.39 is 0 Å². The number of methoxy groups -OCH3 is 2. The first kappa shape index (κ1) is 22.4.